The van der Waals surface area contributed by atoms with Gasteiger partial charge in [-0.05, 0) is 11.6 Å². The lowest BCUT2D eigenvalue weighted by molar-refractivity contribution is -0.140. The first kappa shape index (κ1) is 12.0. The summed E-state index contributed by atoms with van der Waals surface area (Å²) in [4.78, 5) is 17.7. The lowest BCUT2D eigenvalue weighted by Gasteiger charge is -2.34. The molecule has 5 nitrogen and oxygen atoms in total. The smallest absolute Gasteiger partial charge is 0.227 e. The Morgan fingerprint density at radius 1 is 1.65 bits per heavy atom. The summed E-state index contributed by atoms with van der Waals surface area (Å²) in [5.74, 6) is 0.0142. The number of rotatable bonds is 3. The fraction of sp³-hybridized carbons (Fsp3) is 0.500. The topological polar surface area (TPSA) is 62.7 Å². The molecule has 1 aromatic heterocycles. The number of hydrogen-bond acceptors (Lipinski definition) is 4. The molecule has 1 saturated heterocycles. The van der Waals surface area contributed by atoms with E-state index in [2.05, 4.69) is 4.98 Å². The molecule has 1 unspecified atom stereocenters. The van der Waals surface area contributed by atoms with Gasteiger partial charge in [0.25, 0.3) is 0 Å². The summed E-state index contributed by atoms with van der Waals surface area (Å²) < 4.78 is 5.24. The van der Waals surface area contributed by atoms with E-state index in [0.717, 1.165) is 5.56 Å². The van der Waals surface area contributed by atoms with Gasteiger partial charge in [0.15, 0.2) is 0 Å². The molecule has 0 bridgehead atoms. The van der Waals surface area contributed by atoms with Crippen LogP contribution in [0.5, 0.6) is 0 Å². The van der Waals surface area contributed by atoms with Crippen LogP contribution in [0.4, 0.5) is 0 Å². The van der Waals surface area contributed by atoms with E-state index in [-0.39, 0.29) is 18.6 Å². The van der Waals surface area contributed by atoms with Crippen molar-refractivity contribution in [1.29, 1.82) is 0 Å². The molecule has 1 aliphatic rings. The molecule has 5 heteroatoms. The maximum Gasteiger partial charge on any atom is 0.227 e. The number of carbonyl (C=O) groups is 1. The van der Waals surface area contributed by atoms with Gasteiger partial charge in [-0.1, -0.05) is 6.07 Å². The van der Waals surface area contributed by atoms with Crippen LogP contribution in [0.3, 0.4) is 0 Å². The van der Waals surface area contributed by atoms with Crippen LogP contribution < -0.4 is 0 Å². The normalized spacial score (nSPS) is 20.3. The molecule has 0 radical (unpaired) electrons. The molecule has 0 spiro atoms. The Hall–Kier alpha value is -1.46. The summed E-state index contributed by atoms with van der Waals surface area (Å²) in [6, 6.07) is 3.47. The van der Waals surface area contributed by atoms with Crippen molar-refractivity contribution in [2.75, 3.05) is 26.4 Å². The first-order valence-electron chi connectivity index (χ1n) is 5.68. The van der Waals surface area contributed by atoms with Crippen molar-refractivity contribution >= 4 is 5.91 Å². The largest absolute Gasteiger partial charge is 0.394 e. The fourth-order valence-corrected chi connectivity index (χ4v) is 1.91. The van der Waals surface area contributed by atoms with E-state index in [1.165, 1.54) is 0 Å². The molecule has 1 N–H and O–H groups in total. The molecule has 0 aromatic carbocycles. The van der Waals surface area contributed by atoms with Gasteiger partial charge < -0.3 is 14.7 Å². The summed E-state index contributed by atoms with van der Waals surface area (Å²) in [6.07, 6.45) is 3.69. The van der Waals surface area contributed by atoms with Gasteiger partial charge in [0.2, 0.25) is 5.91 Å². The zero-order chi connectivity index (χ0) is 12.1. The number of aliphatic hydroxyl groups excluding tert-OH is 1. The van der Waals surface area contributed by atoms with Crippen molar-refractivity contribution in [2.24, 2.45) is 0 Å². The molecule has 1 amide bonds. The Bertz CT molecular complexity index is 369. The minimum absolute atomic E-state index is 0.0142. The number of morpholine rings is 1. The Morgan fingerprint density at radius 3 is 3.24 bits per heavy atom. The molecule has 1 aliphatic heterocycles. The molecule has 0 aliphatic carbocycles. The van der Waals surface area contributed by atoms with Crippen LogP contribution in [0, 0.1) is 0 Å². The van der Waals surface area contributed by atoms with Gasteiger partial charge >= 0.3 is 0 Å². The predicted molar refractivity (Wildman–Crippen MR) is 61.3 cm³/mol. The summed E-state index contributed by atoms with van der Waals surface area (Å²) in [6.45, 7) is 1.44. The zero-order valence-electron chi connectivity index (χ0n) is 9.58. The minimum Gasteiger partial charge on any atom is -0.394 e. The van der Waals surface area contributed by atoms with E-state index in [0.29, 0.717) is 26.2 Å². The second-order valence-electron chi connectivity index (χ2n) is 4.04. The number of amides is 1. The van der Waals surface area contributed by atoms with E-state index in [1.54, 1.807) is 17.3 Å². The van der Waals surface area contributed by atoms with Gasteiger partial charge in [-0.25, -0.2) is 0 Å². The summed E-state index contributed by atoms with van der Waals surface area (Å²) >= 11 is 0. The molecule has 0 saturated carbocycles. The Balaban J connectivity index is 1.99. The van der Waals surface area contributed by atoms with Gasteiger partial charge in [-0.15, -0.1) is 0 Å². The average molecular weight is 236 g/mol. The Morgan fingerprint density at radius 2 is 2.53 bits per heavy atom. The van der Waals surface area contributed by atoms with Crippen molar-refractivity contribution < 1.29 is 14.6 Å². The average Bonchev–Trinajstić information content (AvgIpc) is 2.40. The summed E-state index contributed by atoms with van der Waals surface area (Å²) in [7, 11) is 0. The van der Waals surface area contributed by atoms with Crippen molar-refractivity contribution in [3.05, 3.63) is 30.1 Å². The second-order valence-corrected chi connectivity index (χ2v) is 4.04. The molecule has 92 valence electrons. The standard InChI is InChI=1S/C12H16N2O3/c15-8-11-9-17-5-4-14(11)12(16)6-10-2-1-3-13-7-10/h1-3,7,11,15H,4-6,8-9H2. The van der Waals surface area contributed by atoms with Gasteiger partial charge in [-0.2, -0.15) is 0 Å². The van der Waals surface area contributed by atoms with Gasteiger partial charge in [0.05, 0.1) is 32.3 Å². The molecular weight excluding hydrogens is 220 g/mol. The van der Waals surface area contributed by atoms with Crippen LogP contribution in [0.1, 0.15) is 5.56 Å². The Labute approximate surface area is 100 Å². The van der Waals surface area contributed by atoms with Gasteiger partial charge in [0, 0.05) is 18.9 Å². The highest BCUT2D eigenvalue weighted by molar-refractivity contribution is 5.79. The van der Waals surface area contributed by atoms with Crippen LogP contribution in [0.2, 0.25) is 0 Å². The van der Waals surface area contributed by atoms with E-state index in [1.807, 2.05) is 12.1 Å². The van der Waals surface area contributed by atoms with Gasteiger partial charge in [-0.3, -0.25) is 9.78 Å². The highest BCUT2D eigenvalue weighted by atomic mass is 16.5. The van der Waals surface area contributed by atoms with Crippen LogP contribution in [-0.4, -0.2) is 53.3 Å². The van der Waals surface area contributed by atoms with Crippen molar-refractivity contribution in [3.8, 4) is 0 Å². The number of nitrogens with zero attached hydrogens (tertiary/aromatic N) is 2. The molecule has 1 aromatic rings. The summed E-state index contributed by atoms with van der Waals surface area (Å²) in [5, 5.41) is 9.19. The van der Waals surface area contributed by atoms with E-state index < -0.39 is 0 Å². The van der Waals surface area contributed by atoms with Crippen molar-refractivity contribution in [1.82, 2.24) is 9.88 Å². The third-order valence-electron chi connectivity index (χ3n) is 2.84. The summed E-state index contributed by atoms with van der Waals surface area (Å²) in [5.41, 5.74) is 0.890. The third-order valence-corrected chi connectivity index (χ3v) is 2.84. The fourth-order valence-electron chi connectivity index (χ4n) is 1.91. The predicted octanol–water partition coefficient (Wildman–Crippen LogP) is -0.156. The molecule has 1 fully saturated rings. The van der Waals surface area contributed by atoms with Crippen LogP contribution in [0.25, 0.3) is 0 Å². The van der Waals surface area contributed by atoms with Crippen molar-refractivity contribution in [3.63, 3.8) is 0 Å². The number of pyridine rings is 1. The number of hydrogen-bond donors (Lipinski definition) is 1. The minimum atomic E-state index is -0.215. The van der Waals surface area contributed by atoms with Crippen LogP contribution in [-0.2, 0) is 16.0 Å². The molecule has 17 heavy (non-hydrogen) atoms. The SMILES string of the molecule is O=C(Cc1cccnc1)N1CCOCC1CO. The highest BCUT2D eigenvalue weighted by Gasteiger charge is 2.26. The lowest BCUT2D eigenvalue weighted by atomic mass is 10.1. The number of aromatic nitrogens is 1. The third kappa shape index (κ3) is 3.01. The van der Waals surface area contributed by atoms with Crippen LogP contribution >= 0.6 is 0 Å². The highest BCUT2D eigenvalue weighted by Crippen LogP contribution is 2.09. The van der Waals surface area contributed by atoms with E-state index in [9.17, 15) is 9.90 Å². The maximum absolute atomic E-state index is 12.1. The number of ether oxygens (including phenoxy) is 1. The lowest BCUT2D eigenvalue weighted by Crippen LogP contribution is -2.51. The van der Waals surface area contributed by atoms with Crippen molar-refractivity contribution in [2.45, 2.75) is 12.5 Å². The Kier molecular flexibility index (Phi) is 4.06. The molecule has 1 atom stereocenters. The first-order chi connectivity index (χ1) is 8.31. The molecule has 2 heterocycles. The maximum atomic E-state index is 12.1. The number of aliphatic hydroxyl groups is 1. The zero-order valence-corrected chi connectivity index (χ0v) is 9.58. The molecule has 2 rings (SSSR count). The van der Waals surface area contributed by atoms with E-state index >= 15 is 0 Å². The number of carbonyl (C=O) groups excluding carboxylic acids is 1. The van der Waals surface area contributed by atoms with E-state index in [4.69, 9.17) is 4.74 Å². The monoisotopic (exact) mass is 236 g/mol. The second kappa shape index (κ2) is 5.75. The van der Waals surface area contributed by atoms with Gasteiger partial charge in [0.1, 0.15) is 0 Å². The van der Waals surface area contributed by atoms with Crippen LogP contribution in [0.15, 0.2) is 24.5 Å². The molecular formula is C12H16N2O3. The first-order valence-corrected chi connectivity index (χ1v) is 5.68. The quantitative estimate of drug-likeness (QED) is 0.792.